The standard InChI is InChI=1S/C25H31N3O2/c1-18-23(19(2)28(27-18)17-20-9-7-6-8-10-20)24(29)26-15-16-30-22-13-11-21(12-14-22)25(3,4)5/h6-14H,15-17H2,1-5H3,(H,26,29). The first-order valence-electron chi connectivity index (χ1n) is 10.3. The third kappa shape index (κ3) is 5.29. The Kier molecular flexibility index (Phi) is 6.60. The fraction of sp³-hybridized carbons (Fsp3) is 0.360. The number of aryl methyl sites for hydroxylation is 1. The Balaban J connectivity index is 1.54. The lowest BCUT2D eigenvalue weighted by Crippen LogP contribution is -2.29. The van der Waals surface area contributed by atoms with E-state index in [2.05, 4.69) is 55.5 Å². The number of ether oxygens (including phenoxy) is 1. The number of rotatable bonds is 7. The molecule has 0 aliphatic carbocycles. The van der Waals surface area contributed by atoms with E-state index in [1.165, 1.54) is 5.56 Å². The van der Waals surface area contributed by atoms with Gasteiger partial charge in [0, 0.05) is 5.69 Å². The Bertz CT molecular complexity index is 984. The number of hydrogen-bond donors (Lipinski definition) is 1. The molecular weight excluding hydrogens is 374 g/mol. The summed E-state index contributed by atoms with van der Waals surface area (Å²) in [5.41, 5.74) is 4.78. The fourth-order valence-corrected chi connectivity index (χ4v) is 3.41. The summed E-state index contributed by atoms with van der Waals surface area (Å²) in [4.78, 5) is 12.7. The van der Waals surface area contributed by atoms with Crippen molar-refractivity contribution < 1.29 is 9.53 Å². The van der Waals surface area contributed by atoms with Gasteiger partial charge >= 0.3 is 0 Å². The number of nitrogens with zero attached hydrogens (tertiary/aromatic N) is 2. The maximum absolute atomic E-state index is 12.7. The smallest absolute Gasteiger partial charge is 0.255 e. The minimum Gasteiger partial charge on any atom is -0.492 e. The van der Waals surface area contributed by atoms with Crippen LogP contribution in [-0.2, 0) is 12.0 Å². The van der Waals surface area contributed by atoms with Gasteiger partial charge in [0.15, 0.2) is 0 Å². The second-order valence-electron chi connectivity index (χ2n) is 8.57. The van der Waals surface area contributed by atoms with Gasteiger partial charge in [-0.05, 0) is 42.5 Å². The summed E-state index contributed by atoms with van der Waals surface area (Å²) in [7, 11) is 0. The number of benzene rings is 2. The van der Waals surface area contributed by atoms with Crippen LogP contribution < -0.4 is 10.1 Å². The van der Waals surface area contributed by atoms with Gasteiger partial charge in [0.1, 0.15) is 12.4 Å². The molecule has 0 saturated heterocycles. The number of nitrogens with one attached hydrogen (secondary N) is 1. The van der Waals surface area contributed by atoms with Gasteiger partial charge in [-0.1, -0.05) is 63.2 Å². The molecule has 1 N–H and O–H groups in total. The van der Waals surface area contributed by atoms with E-state index in [9.17, 15) is 4.79 Å². The van der Waals surface area contributed by atoms with Crippen molar-refractivity contribution in [2.45, 2.75) is 46.6 Å². The van der Waals surface area contributed by atoms with E-state index < -0.39 is 0 Å². The minimum atomic E-state index is -0.115. The zero-order valence-corrected chi connectivity index (χ0v) is 18.5. The largest absolute Gasteiger partial charge is 0.492 e. The van der Waals surface area contributed by atoms with E-state index in [4.69, 9.17) is 4.74 Å². The van der Waals surface area contributed by atoms with Gasteiger partial charge < -0.3 is 10.1 Å². The molecule has 0 aliphatic heterocycles. The van der Waals surface area contributed by atoms with E-state index in [0.717, 1.165) is 22.7 Å². The normalized spacial score (nSPS) is 11.4. The van der Waals surface area contributed by atoms with Crippen molar-refractivity contribution in [3.05, 3.63) is 82.7 Å². The molecule has 0 bridgehead atoms. The number of carbonyl (C=O) groups is 1. The van der Waals surface area contributed by atoms with Crippen LogP contribution in [0.25, 0.3) is 0 Å². The van der Waals surface area contributed by atoms with Crippen molar-refractivity contribution in [1.29, 1.82) is 0 Å². The zero-order valence-electron chi connectivity index (χ0n) is 18.5. The van der Waals surface area contributed by atoms with E-state index in [0.29, 0.717) is 25.3 Å². The quantitative estimate of drug-likeness (QED) is 0.582. The van der Waals surface area contributed by atoms with Gasteiger partial charge in [0.25, 0.3) is 5.91 Å². The number of aromatic nitrogens is 2. The molecule has 1 heterocycles. The van der Waals surface area contributed by atoms with E-state index in [-0.39, 0.29) is 11.3 Å². The summed E-state index contributed by atoms with van der Waals surface area (Å²) in [5, 5.41) is 7.50. The van der Waals surface area contributed by atoms with Crippen LogP contribution in [0, 0.1) is 13.8 Å². The van der Waals surface area contributed by atoms with Crippen molar-refractivity contribution in [1.82, 2.24) is 15.1 Å². The Labute approximate surface area is 179 Å². The van der Waals surface area contributed by atoms with Crippen LogP contribution in [0.2, 0.25) is 0 Å². The van der Waals surface area contributed by atoms with Crippen molar-refractivity contribution >= 4 is 5.91 Å². The van der Waals surface area contributed by atoms with E-state index in [1.54, 1.807) is 0 Å². The Morgan fingerprint density at radius 1 is 1.03 bits per heavy atom. The third-order valence-corrected chi connectivity index (χ3v) is 5.16. The average molecular weight is 406 g/mol. The van der Waals surface area contributed by atoms with Crippen LogP contribution in [0.15, 0.2) is 54.6 Å². The highest BCUT2D eigenvalue weighted by Gasteiger charge is 2.18. The highest BCUT2D eigenvalue weighted by Crippen LogP contribution is 2.24. The Morgan fingerprint density at radius 3 is 2.33 bits per heavy atom. The summed E-state index contributed by atoms with van der Waals surface area (Å²) < 4.78 is 7.65. The minimum absolute atomic E-state index is 0.115. The van der Waals surface area contributed by atoms with Crippen LogP contribution in [-0.4, -0.2) is 28.8 Å². The third-order valence-electron chi connectivity index (χ3n) is 5.16. The molecule has 0 spiro atoms. The van der Waals surface area contributed by atoms with Crippen molar-refractivity contribution in [2.24, 2.45) is 0 Å². The Morgan fingerprint density at radius 2 is 1.70 bits per heavy atom. The van der Waals surface area contributed by atoms with Crippen molar-refractivity contribution in [2.75, 3.05) is 13.2 Å². The number of hydrogen-bond acceptors (Lipinski definition) is 3. The summed E-state index contributed by atoms with van der Waals surface area (Å²) in [6.45, 7) is 11.9. The molecular formula is C25H31N3O2. The molecule has 158 valence electrons. The molecule has 30 heavy (non-hydrogen) atoms. The summed E-state index contributed by atoms with van der Waals surface area (Å²) >= 11 is 0. The molecule has 1 amide bonds. The van der Waals surface area contributed by atoms with Gasteiger partial charge in [-0.3, -0.25) is 9.48 Å². The predicted octanol–water partition coefficient (Wildman–Crippen LogP) is 4.65. The SMILES string of the molecule is Cc1nn(Cc2ccccc2)c(C)c1C(=O)NCCOc1ccc(C(C)(C)C)cc1. The molecule has 0 atom stereocenters. The summed E-state index contributed by atoms with van der Waals surface area (Å²) in [6, 6.07) is 18.2. The fourth-order valence-electron chi connectivity index (χ4n) is 3.41. The molecule has 0 aliphatic rings. The summed E-state index contributed by atoms with van der Waals surface area (Å²) in [5.74, 6) is 0.691. The van der Waals surface area contributed by atoms with Crippen LogP contribution >= 0.6 is 0 Å². The first-order chi connectivity index (χ1) is 14.3. The molecule has 1 aromatic heterocycles. The topological polar surface area (TPSA) is 56.2 Å². The number of carbonyl (C=O) groups excluding carboxylic acids is 1. The second kappa shape index (κ2) is 9.16. The second-order valence-corrected chi connectivity index (χ2v) is 8.57. The molecule has 3 aromatic rings. The molecule has 2 aromatic carbocycles. The van der Waals surface area contributed by atoms with Gasteiger partial charge in [-0.25, -0.2) is 0 Å². The lowest BCUT2D eigenvalue weighted by atomic mass is 9.87. The lowest BCUT2D eigenvalue weighted by Gasteiger charge is -2.19. The molecule has 0 saturated carbocycles. The van der Waals surface area contributed by atoms with Gasteiger partial charge in [-0.2, -0.15) is 5.10 Å². The van der Waals surface area contributed by atoms with E-state index in [1.807, 2.05) is 48.9 Å². The van der Waals surface area contributed by atoms with Gasteiger partial charge in [0.2, 0.25) is 0 Å². The lowest BCUT2D eigenvalue weighted by molar-refractivity contribution is 0.0945. The van der Waals surface area contributed by atoms with Crippen molar-refractivity contribution in [3.8, 4) is 5.75 Å². The monoisotopic (exact) mass is 405 g/mol. The summed E-state index contributed by atoms with van der Waals surface area (Å²) in [6.07, 6.45) is 0. The molecule has 3 rings (SSSR count). The van der Waals surface area contributed by atoms with Crippen LogP contribution in [0.1, 0.15) is 53.6 Å². The van der Waals surface area contributed by atoms with Crippen molar-refractivity contribution in [3.63, 3.8) is 0 Å². The molecule has 0 radical (unpaired) electrons. The maximum Gasteiger partial charge on any atom is 0.255 e. The number of amides is 1. The Hall–Kier alpha value is -3.08. The van der Waals surface area contributed by atoms with Gasteiger partial charge in [-0.15, -0.1) is 0 Å². The first kappa shape index (κ1) is 21.6. The van der Waals surface area contributed by atoms with E-state index >= 15 is 0 Å². The highest BCUT2D eigenvalue weighted by molar-refractivity contribution is 5.96. The zero-order chi connectivity index (χ0) is 21.7. The highest BCUT2D eigenvalue weighted by atomic mass is 16.5. The average Bonchev–Trinajstić information content (AvgIpc) is 2.98. The van der Waals surface area contributed by atoms with Crippen LogP contribution in [0.5, 0.6) is 5.75 Å². The first-order valence-corrected chi connectivity index (χ1v) is 10.3. The molecule has 0 unspecified atom stereocenters. The molecule has 0 fully saturated rings. The maximum atomic E-state index is 12.7. The van der Waals surface area contributed by atoms with Crippen LogP contribution in [0.3, 0.4) is 0 Å². The van der Waals surface area contributed by atoms with Gasteiger partial charge in [0.05, 0.1) is 24.3 Å². The predicted molar refractivity (Wildman–Crippen MR) is 120 cm³/mol. The van der Waals surface area contributed by atoms with Crippen LogP contribution in [0.4, 0.5) is 0 Å². The molecule has 5 nitrogen and oxygen atoms in total. The molecule has 5 heteroatoms.